The quantitative estimate of drug-likeness (QED) is 0.660. The van der Waals surface area contributed by atoms with Crippen LogP contribution in [0.3, 0.4) is 0 Å². The molecule has 3 N–H and O–H groups in total. The van der Waals surface area contributed by atoms with Crippen molar-refractivity contribution in [1.82, 2.24) is 4.90 Å². The Bertz CT molecular complexity index is 458. The van der Waals surface area contributed by atoms with Crippen molar-refractivity contribution in [2.75, 3.05) is 25.0 Å². The minimum absolute atomic E-state index is 0.187. The third kappa shape index (κ3) is 4.73. The second kappa shape index (κ2) is 6.13. The van der Waals surface area contributed by atoms with Gasteiger partial charge < -0.3 is 11.1 Å². The van der Waals surface area contributed by atoms with Gasteiger partial charge in [0.1, 0.15) is 0 Å². The third-order valence-electron chi connectivity index (χ3n) is 3.02. The smallest absolute Gasteiger partial charge is 0.370 e. The molecule has 1 fully saturated rings. The Morgan fingerprint density at radius 2 is 2.05 bits per heavy atom. The maximum atomic E-state index is 12.3. The minimum Gasteiger partial charge on any atom is -0.370 e. The van der Waals surface area contributed by atoms with E-state index in [1.54, 1.807) is 0 Å². The van der Waals surface area contributed by atoms with Crippen molar-refractivity contribution in [3.05, 3.63) is 30.3 Å². The molecule has 0 aromatic heterocycles. The van der Waals surface area contributed by atoms with Crippen LogP contribution < -0.4 is 11.1 Å². The van der Waals surface area contributed by atoms with Crippen LogP contribution in [0, 0.1) is 0 Å². The SMILES string of the molecule is NC(=NC1CCN(CC(F)(F)F)C1)Nc1ccccc1. The van der Waals surface area contributed by atoms with Gasteiger partial charge in [-0.3, -0.25) is 4.90 Å². The van der Waals surface area contributed by atoms with E-state index in [0.29, 0.717) is 13.0 Å². The molecular formula is C13H17F3N4. The summed E-state index contributed by atoms with van der Waals surface area (Å²) in [5.74, 6) is 0.232. The maximum absolute atomic E-state index is 12.3. The van der Waals surface area contributed by atoms with Gasteiger partial charge in [-0.2, -0.15) is 13.2 Å². The molecule has 1 aliphatic heterocycles. The number of hydrogen-bond donors (Lipinski definition) is 2. The highest BCUT2D eigenvalue weighted by atomic mass is 19.4. The van der Waals surface area contributed by atoms with Crippen molar-refractivity contribution in [1.29, 1.82) is 0 Å². The van der Waals surface area contributed by atoms with Gasteiger partial charge in [0, 0.05) is 18.8 Å². The van der Waals surface area contributed by atoms with Crippen LogP contribution in [0.5, 0.6) is 0 Å². The fraction of sp³-hybridized carbons (Fsp3) is 0.462. The summed E-state index contributed by atoms with van der Waals surface area (Å²) in [4.78, 5) is 5.58. The number of rotatable bonds is 3. The monoisotopic (exact) mass is 286 g/mol. The summed E-state index contributed by atoms with van der Waals surface area (Å²) in [5.41, 5.74) is 6.56. The lowest BCUT2D eigenvalue weighted by atomic mass is 10.3. The number of aliphatic imine (C=N–C) groups is 1. The van der Waals surface area contributed by atoms with E-state index < -0.39 is 12.7 Å². The largest absolute Gasteiger partial charge is 0.401 e. The molecule has 0 spiro atoms. The Hall–Kier alpha value is -1.76. The molecule has 2 rings (SSSR count). The zero-order valence-corrected chi connectivity index (χ0v) is 10.9. The molecule has 20 heavy (non-hydrogen) atoms. The van der Waals surface area contributed by atoms with Crippen molar-refractivity contribution in [3.63, 3.8) is 0 Å². The predicted molar refractivity (Wildman–Crippen MR) is 72.6 cm³/mol. The molecule has 1 aromatic rings. The first-order valence-corrected chi connectivity index (χ1v) is 6.37. The molecule has 1 saturated heterocycles. The molecule has 1 unspecified atom stereocenters. The fourth-order valence-corrected chi connectivity index (χ4v) is 2.21. The molecule has 1 aromatic carbocycles. The van der Waals surface area contributed by atoms with Crippen LogP contribution in [0.1, 0.15) is 6.42 Å². The average molecular weight is 286 g/mol. The lowest BCUT2D eigenvalue weighted by Crippen LogP contribution is -2.33. The number of alkyl halides is 3. The zero-order chi connectivity index (χ0) is 14.6. The number of benzene rings is 1. The molecule has 1 aliphatic rings. The van der Waals surface area contributed by atoms with Gasteiger partial charge in [0.05, 0.1) is 12.6 Å². The summed E-state index contributed by atoms with van der Waals surface area (Å²) in [7, 11) is 0. The van der Waals surface area contributed by atoms with E-state index in [9.17, 15) is 13.2 Å². The standard InChI is InChI=1S/C13H17F3N4/c14-13(15,16)9-20-7-6-11(8-20)19-12(17)18-10-4-2-1-3-5-10/h1-5,11H,6-9H2,(H3,17,18,19). The molecule has 0 saturated carbocycles. The molecule has 0 amide bonds. The molecule has 7 heteroatoms. The number of hydrogen-bond acceptors (Lipinski definition) is 2. The van der Waals surface area contributed by atoms with E-state index in [4.69, 9.17) is 5.73 Å². The minimum atomic E-state index is -4.16. The summed E-state index contributed by atoms with van der Waals surface area (Å²) >= 11 is 0. The van der Waals surface area contributed by atoms with E-state index in [-0.39, 0.29) is 18.5 Å². The summed E-state index contributed by atoms with van der Waals surface area (Å²) in [6, 6.07) is 9.09. The number of likely N-dealkylation sites (tertiary alicyclic amines) is 1. The topological polar surface area (TPSA) is 53.6 Å². The van der Waals surface area contributed by atoms with Crippen molar-refractivity contribution in [2.45, 2.75) is 18.6 Å². The van der Waals surface area contributed by atoms with E-state index in [1.165, 1.54) is 4.90 Å². The molecule has 0 radical (unpaired) electrons. The van der Waals surface area contributed by atoms with Crippen LogP contribution in [0.15, 0.2) is 35.3 Å². The van der Waals surface area contributed by atoms with Gasteiger partial charge >= 0.3 is 6.18 Å². The van der Waals surface area contributed by atoms with Crippen LogP contribution in [0.2, 0.25) is 0 Å². The lowest BCUT2D eigenvalue weighted by molar-refractivity contribution is -0.143. The fourth-order valence-electron chi connectivity index (χ4n) is 2.21. The lowest BCUT2D eigenvalue weighted by Gasteiger charge is -2.17. The van der Waals surface area contributed by atoms with E-state index in [2.05, 4.69) is 10.3 Å². The van der Waals surface area contributed by atoms with Gasteiger partial charge in [-0.1, -0.05) is 18.2 Å². The van der Waals surface area contributed by atoms with Crippen LogP contribution in [0.4, 0.5) is 18.9 Å². The van der Waals surface area contributed by atoms with Crippen molar-refractivity contribution >= 4 is 11.6 Å². The molecule has 0 aliphatic carbocycles. The average Bonchev–Trinajstić information content (AvgIpc) is 2.75. The number of anilines is 1. The van der Waals surface area contributed by atoms with Gasteiger partial charge in [-0.05, 0) is 18.6 Å². The maximum Gasteiger partial charge on any atom is 0.401 e. The second-order valence-electron chi connectivity index (χ2n) is 4.80. The highest BCUT2D eigenvalue weighted by Crippen LogP contribution is 2.21. The number of halogens is 3. The summed E-state index contributed by atoms with van der Waals surface area (Å²) in [6.45, 7) is -0.200. The normalized spacial score (nSPS) is 21.1. The Morgan fingerprint density at radius 3 is 2.70 bits per heavy atom. The second-order valence-corrected chi connectivity index (χ2v) is 4.80. The number of nitrogens with zero attached hydrogens (tertiary/aromatic N) is 2. The molecule has 4 nitrogen and oxygen atoms in total. The number of para-hydroxylation sites is 1. The van der Waals surface area contributed by atoms with Crippen molar-refractivity contribution in [3.8, 4) is 0 Å². The van der Waals surface area contributed by atoms with Gasteiger partial charge in [0.15, 0.2) is 5.96 Å². The summed E-state index contributed by atoms with van der Waals surface area (Å²) in [5, 5.41) is 2.92. The van der Waals surface area contributed by atoms with E-state index in [0.717, 1.165) is 5.69 Å². The Kier molecular flexibility index (Phi) is 4.49. The van der Waals surface area contributed by atoms with Crippen LogP contribution in [-0.4, -0.2) is 42.7 Å². The molecule has 0 bridgehead atoms. The number of guanidine groups is 1. The molecule has 1 atom stereocenters. The number of nitrogens with two attached hydrogens (primary N) is 1. The van der Waals surface area contributed by atoms with Crippen molar-refractivity contribution < 1.29 is 13.2 Å². The Morgan fingerprint density at radius 1 is 1.35 bits per heavy atom. The predicted octanol–water partition coefficient (Wildman–Crippen LogP) is 2.05. The van der Waals surface area contributed by atoms with E-state index >= 15 is 0 Å². The highest BCUT2D eigenvalue weighted by Gasteiger charge is 2.34. The third-order valence-corrected chi connectivity index (χ3v) is 3.02. The highest BCUT2D eigenvalue weighted by molar-refractivity contribution is 5.92. The van der Waals surface area contributed by atoms with Gasteiger partial charge in [0.25, 0.3) is 0 Å². The zero-order valence-electron chi connectivity index (χ0n) is 10.9. The van der Waals surface area contributed by atoms with Crippen molar-refractivity contribution in [2.24, 2.45) is 10.7 Å². The van der Waals surface area contributed by atoms with Crippen LogP contribution in [-0.2, 0) is 0 Å². The van der Waals surface area contributed by atoms with Gasteiger partial charge in [-0.25, -0.2) is 4.99 Å². The first kappa shape index (κ1) is 14.6. The molecular weight excluding hydrogens is 269 g/mol. The summed E-state index contributed by atoms with van der Waals surface area (Å²) < 4.78 is 36.8. The molecule has 110 valence electrons. The van der Waals surface area contributed by atoms with E-state index in [1.807, 2.05) is 30.3 Å². The Balaban J connectivity index is 1.86. The van der Waals surface area contributed by atoms with Crippen LogP contribution in [0.25, 0.3) is 0 Å². The first-order chi connectivity index (χ1) is 9.42. The first-order valence-electron chi connectivity index (χ1n) is 6.37. The number of nitrogens with one attached hydrogen (secondary N) is 1. The Labute approximate surface area is 115 Å². The van der Waals surface area contributed by atoms with Crippen LogP contribution >= 0.6 is 0 Å². The molecule has 1 heterocycles. The van der Waals surface area contributed by atoms with Gasteiger partial charge in [-0.15, -0.1) is 0 Å². The van der Waals surface area contributed by atoms with Gasteiger partial charge in [0.2, 0.25) is 0 Å². The summed E-state index contributed by atoms with van der Waals surface area (Å²) in [6.07, 6.45) is -3.57.